The van der Waals surface area contributed by atoms with Crippen LogP contribution in [0.3, 0.4) is 0 Å². The molecule has 0 aliphatic rings. The molecule has 5 nitrogen and oxygen atoms in total. The maximum atomic E-state index is 12.0. The van der Waals surface area contributed by atoms with Gasteiger partial charge in [0.25, 0.3) is 5.91 Å². The van der Waals surface area contributed by atoms with Gasteiger partial charge in [-0.05, 0) is 36.4 Å². The molecule has 0 aliphatic carbocycles. The number of hydrogen-bond donors (Lipinski definition) is 3. The average Bonchev–Trinajstić information content (AvgIpc) is 2.42. The second-order valence-electron chi connectivity index (χ2n) is 3.93. The Hall–Kier alpha value is -2.69. The predicted octanol–water partition coefficient (Wildman–Crippen LogP) is 2.24. The normalized spacial score (nSPS) is 9.95. The van der Waals surface area contributed by atoms with Gasteiger partial charge < -0.3 is 20.9 Å². The highest BCUT2D eigenvalue weighted by Gasteiger charge is 2.12. The first-order valence-corrected chi connectivity index (χ1v) is 5.64. The van der Waals surface area contributed by atoms with E-state index in [1.807, 2.05) is 0 Å². The number of aromatic hydroxyl groups is 1. The number of benzene rings is 2. The summed E-state index contributed by atoms with van der Waals surface area (Å²) < 4.78 is 5.02. The summed E-state index contributed by atoms with van der Waals surface area (Å²) in [6.45, 7) is 0. The van der Waals surface area contributed by atoms with Crippen molar-refractivity contribution < 1.29 is 14.6 Å². The third-order valence-electron chi connectivity index (χ3n) is 2.66. The Balaban J connectivity index is 2.18. The molecule has 0 bridgehead atoms. The largest absolute Gasteiger partial charge is 0.505 e. The molecule has 98 valence electrons. The molecule has 19 heavy (non-hydrogen) atoms. The molecule has 0 aliphatic heterocycles. The van der Waals surface area contributed by atoms with Gasteiger partial charge in [0.05, 0.1) is 18.4 Å². The number of phenols is 1. The van der Waals surface area contributed by atoms with Crippen molar-refractivity contribution in [1.29, 1.82) is 0 Å². The molecule has 0 fully saturated rings. The van der Waals surface area contributed by atoms with Gasteiger partial charge in [-0.2, -0.15) is 0 Å². The summed E-state index contributed by atoms with van der Waals surface area (Å²) in [5, 5.41) is 12.4. The van der Waals surface area contributed by atoms with Crippen LogP contribution in [0.2, 0.25) is 0 Å². The third kappa shape index (κ3) is 2.77. The molecule has 0 aromatic heterocycles. The highest BCUT2D eigenvalue weighted by molar-refractivity contribution is 6.07. The molecule has 0 saturated heterocycles. The maximum absolute atomic E-state index is 12.0. The number of phenolic OH excluding ortho intramolecular Hbond substituents is 1. The van der Waals surface area contributed by atoms with Gasteiger partial charge in [-0.25, -0.2) is 0 Å². The lowest BCUT2D eigenvalue weighted by Gasteiger charge is -2.08. The van der Waals surface area contributed by atoms with E-state index < -0.39 is 5.91 Å². The fourth-order valence-electron chi connectivity index (χ4n) is 1.62. The Morgan fingerprint density at radius 1 is 1.21 bits per heavy atom. The zero-order valence-corrected chi connectivity index (χ0v) is 10.4. The Labute approximate surface area is 110 Å². The van der Waals surface area contributed by atoms with E-state index in [4.69, 9.17) is 10.5 Å². The lowest BCUT2D eigenvalue weighted by atomic mass is 10.1. The van der Waals surface area contributed by atoms with E-state index in [0.29, 0.717) is 11.4 Å². The minimum absolute atomic E-state index is 0.135. The lowest BCUT2D eigenvalue weighted by molar-refractivity contribution is 0.102. The van der Waals surface area contributed by atoms with Crippen molar-refractivity contribution in [3.8, 4) is 11.5 Å². The summed E-state index contributed by atoms with van der Waals surface area (Å²) in [6, 6.07) is 11.5. The minimum Gasteiger partial charge on any atom is -0.505 e. The molecule has 2 aromatic carbocycles. The molecule has 4 N–H and O–H groups in total. The highest BCUT2D eigenvalue weighted by atomic mass is 16.5. The van der Waals surface area contributed by atoms with Gasteiger partial charge in [0.2, 0.25) is 0 Å². The summed E-state index contributed by atoms with van der Waals surface area (Å²) >= 11 is 0. The average molecular weight is 258 g/mol. The molecule has 0 heterocycles. The highest BCUT2D eigenvalue weighted by Crippen LogP contribution is 2.25. The number of ether oxygens (including phenoxy) is 1. The van der Waals surface area contributed by atoms with Crippen LogP contribution in [0.5, 0.6) is 11.5 Å². The topological polar surface area (TPSA) is 84.6 Å². The number of anilines is 2. The van der Waals surface area contributed by atoms with Crippen LogP contribution in [0.1, 0.15) is 10.4 Å². The van der Waals surface area contributed by atoms with Gasteiger partial charge >= 0.3 is 0 Å². The van der Waals surface area contributed by atoms with Crippen LogP contribution in [-0.4, -0.2) is 18.1 Å². The van der Waals surface area contributed by atoms with Crippen molar-refractivity contribution in [3.63, 3.8) is 0 Å². The van der Waals surface area contributed by atoms with Crippen LogP contribution >= 0.6 is 0 Å². The summed E-state index contributed by atoms with van der Waals surface area (Å²) in [5.74, 6) is 0.0632. The Kier molecular flexibility index (Phi) is 3.56. The summed E-state index contributed by atoms with van der Waals surface area (Å²) in [5.41, 5.74) is 6.45. The van der Waals surface area contributed by atoms with E-state index in [2.05, 4.69) is 5.32 Å². The first kappa shape index (κ1) is 12.8. The number of para-hydroxylation sites is 1. The van der Waals surface area contributed by atoms with E-state index in [1.54, 1.807) is 37.4 Å². The van der Waals surface area contributed by atoms with Gasteiger partial charge in [0.1, 0.15) is 5.75 Å². The zero-order valence-electron chi connectivity index (χ0n) is 10.4. The summed E-state index contributed by atoms with van der Waals surface area (Å²) in [6.07, 6.45) is 0. The molecular weight excluding hydrogens is 244 g/mol. The smallest absolute Gasteiger partial charge is 0.259 e. The predicted molar refractivity (Wildman–Crippen MR) is 73.5 cm³/mol. The number of nitrogens with one attached hydrogen (secondary N) is 1. The van der Waals surface area contributed by atoms with Crippen LogP contribution in [0.25, 0.3) is 0 Å². The molecule has 0 saturated carbocycles. The molecule has 5 heteroatoms. The molecule has 2 rings (SSSR count). The number of amides is 1. The Morgan fingerprint density at radius 3 is 2.53 bits per heavy atom. The van der Waals surface area contributed by atoms with Crippen LogP contribution in [0.15, 0.2) is 42.5 Å². The fourth-order valence-corrected chi connectivity index (χ4v) is 1.62. The van der Waals surface area contributed by atoms with Crippen molar-refractivity contribution in [2.24, 2.45) is 0 Å². The number of methoxy groups -OCH3 is 1. The molecule has 0 spiro atoms. The first-order valence-electron chi connectivity index (χ1n) is 5.64. The van der Waals surface area contributed by atoms with Crippen molar-refractivity contribution in [1.82, 2.24) is 0 Å². The summed E-state index contributed by atoms with van der Waals surface area (Å²) in [7, 11) is 1.57. The number of rotatable bonds is 3. The second kappa shape index (κ2) is 5.30. The van der Waals surface area contributed by atoms with Crippen molar-refractivity contribution in [2.45, 2.75) is 0 Å². The van der Waals surface area contributed by atoms with Crippen LogP contribution in [0.4, 0.5) is 11.4 Å². The number of carbonyl (C=O) groups is 1. The van der Waals surface area contributed by atoms with Gasteiger partial charge in [-0.15, -0.1) is 0 Å². The van der Waals surface area contributed by atoms with Crippen molar-refractivity contribution in [3.05, 3.63) is 48.0 Å². The Bertz CT molecular complexity index is 594. The number of nitrogen functional groups attached to an aromatic ring is 1. The third-order valence-corrected chi connectivity index (χ3v) is 2.66. The van der Waals surface area contributed by atoms with E-state index in [-0.39, 0.29) is 17.0 Å². The van der Waals surface area contributed by atoms with Crippen LogP contribution < -0.4 is 15.8 Å². The van der Waals surface area contributed by atoms with Crippen LogP contribution in [0, 0.1) is 0 Å². The molecule has 0 unspecified atom stereocenters. The van der Waals surface area contributed by atoms with Gasteiger partial charge in [0, 0.05) is 5.69 Å². The zero-order chi connectivity index (χ0) is 13.8. The SMILES string of the molecule is COc1ccc(NC(=O)c2cccc(N)c2O)cc1. The fraction of sp³-hybridized carbons (Fsp3) is 0.0714. The number of nitrogens with two attached hydrogens (primary N) is 1. The van der Waals surface area contributed by atoms with Gasteiger partial charge in [0.15, 0.2) is 5.75 Å². The van der Waals surface area contributed by atoms with E-state index >= 15 is 0 Å². The quantitative estimate of drug-likeness (QED) is 0.582. The maximum Gasteiger partial charge on any atom is 0.259 e. The molecular formula is C14H14N2O3. The van der Waals surface area contributed by atoms with E-state index in [9.17, 15) is 9.90 Å². The molecule has 0 radical (unpaired) electrons. The lowest BCUT2D eigenvalue weighted by Crippen LogP contribution is -2.12. The minimum atomic E-state index is -0.421. The van der Waals surface area contributed by atoms with Crippen molar-refractivity contribution >= 4 is 17.3 Å². The number of hydrogen-bond acceptors (Lipinski definition) is 4. The molecule has 1 amide bonds. The van der Waals surface area contributed by atoms with Crippen LogP contribution in [-0.2, 0) is 0 Å². The van der Waals surface area contributed by atoms with Gasteiger partial charge in [-0.1, -0.05) is 6.07 Å². The van der Waals surface area contributed by atoms with E-state index in [0.717, 1.165) is 0 Å². The monoisotopic (exact) mass is 258 g/mol. The summed E-state index contributed by atoms with van der Waals surface area (Å²) in [4.78, 5) is 12.0. The number of carbonyl (C=O) groups excluding carboxylic acids is 1. The molecule has 2 aromatic rings. The molecule has 0 atom stereocenters. The van der Waals surface area contributed by atoms with E-state index in [1.165, 1.54) is 12.1 Å². The Morgan fingerprint density at radius 2 is 1.89 bits per heavy atom. The first-order chi connectivity index (χ1) is 9.11. The standard InChI is InChI=1S/C14H14N2O3/c1-19-10-7-5-9(6-8-10)16-14(18)11-3-2-4-12(15)13(11)17/h2-8,17H,15H2,1H3,(H,16,18). The second-order valence-corrected chi connectivity index (χ2v) is 3.93. The van der Waals surface area contributed by atoms with Crippen molar-refractivity contribution in [2.75, 3.05) is 18.2 Å². The van der Waals surface area contributed by atoms with Gasteiger partial charge in [-0.3, -0.25) is 4.79 Å².